The fourth-order valence-corrected chi connectivity index (χ4v) is 2.52. The minimum absolute atomic E-state index is 0.0487. The number of hydrogen-bond acceptors (Lipinski definition) is 3. The van der Waals surface area contributed by atoms with E-state index < -0.39 is 0 Å². The highest BCUT2D eigenvalue weighted by Crippen LogP contribution is 2.29. The van der Waals surface area contributed by atoms with Crippen molar-refractivity contribution in [3.63, 3.8) is 0 Å². The van der Waals surface area contributed by atoms with E-state index in [9.17, 15) is 0 Å². The molecule has 0 bridgehead atoms. The topological polar surface area (TPSA) is 42.1 Å². The Bertz CT molecular complexity index is 343. The van der Waals surface area contributed by atoms with Crippen LogP contribution < -0.4 is 10.6 Å². The van der Waals surface area contributed by atoms with Gasteiger partial charge in [0.1, 0.15) is 5.82 Å². The van der Waals surface area contributed by atoms with E-state index in [0.717, 1.165) is 11.4 Å². The molecule has 1 fully saturated rings. The third-order valence-corrected chi connectivity index (χ3v) is 3.51. The Balaban J connectivity index is 2.24. The first-order chi connectivity index (χ1) is 7.70. The third kappa shape index (κ3) is 2.19. The maximum absolute atomic E-state index is 5.98. The molecule has 0 radical (unpaired) electrons. The van der Waals surface area contributed by atoms with Gasteiger partial charge < -0.3 is 10.6 Å². The summed E-state index contributed by atoms with van der Waals surface area (Å²) in [6.45, 7) is 2.02. The minimum Gasteiger partial charge on any atom is -0.356 e. The molecule has 2 rings (SSSR count). The van der Waals surface area contributed by atoms with E-state index in [4.69, 9.17) is 5.73 Å². The molecule has 88 valence electrons. The van der Waals surface area contributed by atoms with Crippen molar-refractivity contribution in [1.29, 1.82) is 0 Å². The van der Waals surface area contributed by atoms with Crippen molar-refractivity contribution in [2.75, 3.05) is 11.9 Å². The highest BCUT2D eigenvalue weighted by atomic mass is 15.2. The van der Waals surface area contributed by atoms with Crippen LogP contribution in [0.15, 0.2) is 18.3 Å². The van der Waals surface area contributed by atoms with Crippen molar-refractivity contribution in [3.8, 4) is 0 Å². The fourth-order valence-electron chi connectivity index (χ4n) is 2.52. The second kappa shape index (κ2) is 4.83. The van der Waals surface area contributed by atoms with Crippen molar-refractivity contribution in [2.24, 2.45) is 5.73 Å². The van der Waals surface area contributed by atoms with Crippen LogP contribution in [0.4, 0.5) is 5.82 Å². The van der Waals surface area contributed by atoms with E-state index in [1.165, 1.54) is 25.7 Å². The summed E-state index contributed by atoms with van der Waals surface area (Å²) in [4.78, 5) is 6.80. The molecule has 1 aliphatic rings. The lowest BCUT2D eigenvalue weighted by molar-refractivity contribution is 0.639. The molecule has 0 aromatic carbocycles. The summed E-state index contributed by atoms with van der Waals surface area (Å²) in [5, 5.41) is 0. The van der Waals surface area contributed by atoms with Gasteiger partial charge in [-0.3, -0.25) is 0 Å². The number of pyridine rings is 1. The average Bonchev–Trinajstić information content (AvgIpc) is 2.81. The van der Waals surface area contributed by atoms with Gasteiger partial charge in [0.05, 0.1) is 0 Å². The van der Waals surface area contributed by atoms with Gasteiger partial charge in [-0.25, -0.2) is 4.98 Å². The molecule has 0 saturated heterocycles. The van der Waals surface area contributed by atoms with Crippen molar-refractivity contribution < 1.29 is 0 Å². The Hall–Kier alpha value is -1.09. The molecule has 0 spiro atoms. The van der Waals surface area contributed by atoms with Crippen molar-refractivity contribution >= 4 is 5.82 Å². The van der Waals surface area contributed by atoms with E-state index in [-0.39, 0.29) is 6.04 Å². The van der Waals surface area contributed by atoms with Gasteiger partial charge in [-0.2, -0.15) is 0 Å². The molecule has 1 heterocycles. The molecule has 1 aromatic rings. The molecule has 1 unspecified atom stereocenters. The smallest absolute Gasteiger partial charge is 0.133 e. The predicted octanol–water partition coefficient (Wildman–Crippen LogP) is 2.48. The van der Waals surface area contributed by atoms with Crippen LogP contribution in [0.2, 0.25) is 0 Å². The zero-order chi connectivity index (χ0) is 11.5. The summed E-state index contributed by atoms with van der Waals surface area (Å²) in [6, 6.07) is 4.74. The largest absolute Gasteiger partial charge is 0.356 e. The van der Waals surface area contributed by atoms with Gasteiger partial charge in [0, 0.05) is 30.9 Å². The Morgan fingerprint density at radius 1 is 1.44 bits per heavy atom. The molecule has 3 heteroatoms. The first-order valence-corrected chi connectivity index (χ1v) is 6.13. The number of nitrogens with zero attached hydrogens (tertiary/aromatic N) is 2. The van der Waals surface area contributed by atoms with Gasteiger partial charge in [-0.1, -0.05) is 18.9 Å². The molecule has 1 aliphatic carbocycles. The SMILES string of the molecule is CC(N)c1cccnc1N(C)C1CCCC1. The molecule has 1 aromatic heterocycles. The summed E-state index contributed by atoms with van der Waals surface area (Å²) in [6.07, 6.45) is 7.11. The summed E-state index contributed by atoms with van der Waals surface area (Å²) in [5.74, 6) is 1.06. The van der Waals surface area contributed by atoms with E-state index in [1.54, 1.807) is 0 Å². The molecule has 0 aliphatic heterocycles. The van der Waals surface area contributed by atoms with E-state index in [1.807, 2.05) is 19.2 Å². The van der Waals surface area contributed by atoms with E-state index in [0.29, 0.717) is 6.04 Å². The zero-order valence-electron chi connectivity index (χ0n) is 10.2. The number of aromatic nitrogens is 1. The molecule has 2 N–H and O–H groups in total. The second-order valence-corrected chi connectivity index (χ2v) is 4.75. The zero-order valence-corrected chi connectivity index (χ0v) is 10.2. The Morgan fingerprint density at radius 3 is 2.75 bits per heavy atom. The minimum atomic E-state index is 0.0487. The Kier molecular flexibility index (Phi) is 3.44. The summed E-state index contributed by atoms with van der Waals surface area (Å²) < 4.78 is 0. The first kappa shape index (κ1) is 11.4. The standard InChI is InChI=1S/C13H21N3/c1-10(14)12-8-5-9-15-13(12)16(2)11-6-3-4-7-11/h5,8-11H,3-4,6-7,14H2,1-2H3. The van der Waals surface area contributed by atoms with Crippen LogP contribution in [0.5, 0.6) is 0 Å². The molecule has 3 nitrogen and oxygen atoms in total. The van der Waals surface area contributed by atoms with Crippen molar-refractivity contribution in [1.82, 2.24) is 4.98 Å². The quantitative estimate of drug-likeness (QED) is 0.849. The highest BCUT2D eigenvalue weighted by molar-refractivity contribution is 5.48. The maximum atomic E-state index is 5.98. The molecular formula is C13H21N3. The molecule has 0 amide bonds. The normalized spacial score (nSPS) is 18.7. The lowest BCUT2D eigenvalue weighted by atomic mass is 10.1. The van der Waals surface area contributed by atoms with E-state index >= 15 is 0 Å². The average molecular weight is 219 g/mol. The number of nitrogens with two attached hydrogens (primary N) is 1. The first-order valence-electron chi connectivity index (χ1n) is 6.13. The Labute approximate surface area is 97.7 Å². The third-order valence-electron chi connectivity index (χ3n) is 3.51. The maximum Gasteiger partial charge on any atom is 0.133 e. The monoisotopic (exact) mass is 219 g/mol. The van der Waals surface area contributed by atoms with E-state index in [2.05, 4.69) is 23.0 Å². The molecular weight excluding hydrogens is 198 g/mol. The number of rotatable bonds is 3. The Morgan fingerprint density at radius 2 is 2.12 bits per heavy atom. The number of anilines is 1. The van der Waals surface area contributed by atoms with Gasteiger partial charge in [-0.15, -0.1) is 0 Å². The van der Waals surface area contributed by atoms with Crippen LogP contribution in [0.1, 0.15) is 44.2 Å². The molecule has 16 heavy (non-hydrogen) atoms. The van der Waals surface area contributed by atoms with Crippen LogP contribution in [-0.4, -0.2) is 18.1 Å². The van der Waals surface area contributed by atoms with Gasteiger partial charge in [0.2, 0.25) is 0 Å². The summed E-state index contributed by atoms with van der Waals surface area (Å²) in [5.41, 5.74) is 7.13. The second-order valence-electron chi connectivity index (χ2n) is 4.75. The lowest BCUT2D eigenvalue weighted by Crippen LogP contribution is -2.31. The summed E-state index contributed by atoms with van der Waals surface area (Å²) in [7, 11) is 2.14. The van der Waals surface area contributed by atoms with Crippen LogP contribution in [0.25, 0.3) is 0 Å². The number of hydrogen-bond donors (Lipinski definition) is 1. The predicted molar refractivity (Wildman–Crippen MR) is 67.5 cm³/mol. The van der Waals surface area contributed by atoms with Crippen molar-refractivity contribution in [2.45, 2.75) is 44.7 Å². The van der Waals surface area contributed by atoms with Crippen molar-refractivity contribution in [3.05, 3.63) is 23.9 Å². The fraction of sp³-hybridized carbons (Fsp3) is 0.615. The van der Waals surface area contributed by atoms with Crippen LogP contribution >= 0.6 is 0 Å². The van der Waals surface area contributed by atoms with Gasteiger partial charge in [-0.05, 0) is 25.8 Å². The molecule has 1 saturated carbocycles. The highest BCUT2D eigenvalue weighted by Gasteiger charge is 2.22. The van der Waals surface area contributed by atoms with Crippen LogP contribution in [0, 0.1) is 0 Å². The van der Waals surface area contributed by atoms with Gasteiger partial charge in [0.15, 0.2) is 0 Å². The molecule has 1 atom stereocenters. The van der Waals surface area contributed by atoms with Crippen LogP contribution in [0.3, 0.4) is 0 Å². The van der Waals surface area contributed by atoms with Gasteiger partial charge >= 0.3 is 0 Å². The van der Waals surface area contributed by atoms with Gasteiger partial charge in [0.25, 0.3) is 0 Å². The summed E-state index contributed by atoms with van der Waals surface area (Å²) >= 11 is 0. The van der Waals surface area contributed by atoms with Crippen LogP contribution in [-0.2, 0) is 0 Å². The lowest BCUT2D eigenvalue weighted by Gasteiger charge is -2.28.